The van der Waals surface area contributed by atoms with Crippen molar-refractivity contribution in [3.63, 3.8) is 0 Å². The lowest BCUT2D eigenvalue weighted by Crippen LogP contribution is -2.13. The van der Waals surface area contributed by atoms with Crippen LogP contribution in [-0.4, -0.2) is 25.2 Å². The first-order valence-electron chi connectivity index (χ1n) is 3.92. The van der Waals surface area contributed by atoms with Crippen LogP contribution < -0.4 is 0 Å². The molecule has 0 saturated heterocycles. The highest BCUT2D eigenvalue weighted by atomic mass is 32.2. The molecular formula is C9H6N2O2S. The Bertz CT molecular complexity index is 533. The summed E-state index contributed by atoms with van der Waals surface area (Å²) in [4.78, 5) is 0.135. The number of hydrogen-bond acceptors (Lipinski definition) is 4. The normalized spacial score (nSPS) is 14.3. The van der Waals surface area contributed by atoms with Crippen molar-refractivity contribution >= 4 is 27.1 Å². The smallest absolute Gasteiger partial charge is 0.184 e. The van der Waals surface area contributed by atoms with Gasteiger partial charge in [0, 0.05) is 5.56 Å². The topological polar surface area (TPSA) is 58.9 Å². The third-order valence-corrected chi connectivity index (χ3v) is 2.45. The van der Waals surface area contributed by atoms with Crippen molar-refractivity contribution in [1.82, 2.24) is 0 Å². The van der Waals surface area contributed by atoms with Gasteiger partial charge < -0.3 is 0 Å². The molecule has 0 fully saturated rings. The molecule has 1 aromatic rings. The lowest BCUT2D eigenvalue weighted by molar-refractivity contribution is 0.627. The van der Waals surface area contributed by atoms with E-state index in [2.05, 4.69) is 10.2 Å². The maximum absolute atomic E-state index is 10.8. The van der Waals surface area contributed by atoms with Gasteiger partial charge in [-0.1, -0.05) is 30.3 Å². The van der Waals surface area contributed by atoms with Crippen molar-refractivity contribution in [2.24, 2.45) is 10.2 Å². The Balaban J connectivity index is 2.55. The van der Waals surface area contributed by atoms with Gasteiger partial charge in [0.15, 0.2) is 0 Å². The molecule has 1 aromatic carbocycles. The molecule has 0 unspecified atom stereocenters. The van der Waals surface area contributed by atoms with Crippen LogP contribution in [0.3, 0.4) is 0 Å². The predicted octanol–water partition coefficient (Wildman–Crippen LogP) is 0.527. The summed E-state index contributed by atoms with van der Waals surface area (Å²) in [7, 11) is -2.28. The van der Waals surface area contributed by atoms with Gasteiger partial charge in [-0.15, -0.1) is 5.10 Å². The second kappa shape index (κ2) is 3.55. The highest BCUT2D eigenvalue weighted by Crippen LogP contribution is 2.05. The molecule has 1 aliphatic heterocycles. The molecule has 14 heavy (non-hydrogen) atoms. The molecule has 70 valence electrons. The van der Waals surface area contributed by atoms with Crippen molar-refractivity contribution < 1.29 is 8.42 Å². The minimum atomic E-state index is -2.28. The largest absolute Gasteiger partial charge is 0.225 e. The molecule has 1 aliphatic rings. The van der Waals surface area contributed by atoms with Crippen LogP contribution in [0.2, 0.25) is 0 Å². The molecule has 0 radical (unpaired) electrons. The summed E-state index contributed by atoms with van der Waals surface area (Å²) >= 11 is 0. The van der Waals surface area contributed by atoms with E-state index in [0.29, 0.717) is 5.71 Å². The Labute approximate surface area is 82.1 Å². The van der Waals surface area contributed by atoms with Crippen LogP contribution in [-0.2, 0) is 10.3 Å². The number of nitrogens with zero attached hydrogens (tertiary/aromatic N) is 2. The third-order valence-electron chi connectivity index (χ3n) is 1.79. The molecule has 0 saturated carbocycles. The highest BCUT2D eigenvalue weighted by Gasteiger charge is 2.15. The third kappa shape index (κ3) is 1.49. The van der Waals surface area contributed by atoms with Gasteiger partial charge in [0.1, 0.15) is 10.6 Å². The van der Waals surface area contributed by atoms with Crippen molar-refractivity contribution in [3.05, 3.63) is 35.9 Å². The number of hydrogen-bond donors (Lipinski definition) is 0. The van der Waals surface area contributed by atoms with Crippen LogP contribution in [0.1, 0.15) is 5.56 Å². The van der Waals surface area contributed by atoms with Crippen molar-refractivity contribution in [2.75, 3.05) is 0 Å². The zero-order valence-corrected chi connectivity index (χ0v) is 7.90. The fourth-order valence-electron chi connectivity index (χ4n) is 1.17. The maximum atomic E-state index is 10.8. The first-order chi connectivity index (χ1) is 6.79. The summed E-state index contributed by atoms with van der Waals surface area (Å²) < 4.78 is 21.6. The van der Waals surface area contributed by atoms with Crippen molar-refractivity contribution in [2.45, 2.75) is 0 Å². The summed E-state index contributed by atoms with van der Waals surface area (Å²) in [6.45, 7) is 0. The van der Waals surface area contributed by atoms with E-state index in [1.165, 1.54) is 6.21 Å². The first kappa shape index (κ1) is 8.83. The Morgan fingerprint density at radius 1 is 1.07 bits per heavy atom. The maximum Gasteiger partial charge on any atom is 0.225 e. The van der Waals surface area contributed by atoms with Crippen molar-refractivity contribution in [1.29, 1.82) is 0 Å². The molecule has 1 heterocycles. The molecule has 0 spiro atoms. The van der Waals surface area contributed by atoms with Crippen LogP contribution in [0.25, 0.3) is 0 Å². The summed E-state index contributed by atoms with van der Waals surface area (Å²) in [5.41, 5.74) is 1.16. The van der Waals surface area contributed by atoms with Crippen LogP contribution >= 0.6 is 0 Å². The lowest BCUT2D eigenvalue weighted by atomic mass is 10.1. The Hall–Kier alpha value is -1.75. The molecular weight excluding hydrogens is 200 g/mol. The first-order valence-corrected chi connectivity index (χ1v) is 4.99. The highest BCUT2D eigenvalue weighted by molar-refractivity contribution is 7.76. The molecule has 0 aliphatic carbocycles. The van der Waals surface area contributed by atoms with E-state index < -0.39 is 10.3 Å². The minimum absolute atomic E-state index is 0.135. The van der Waals surface area contributed by atoms with E-state index >= 15 is 0 Å². The SMILES string of the molecule is O=S(=O)=C1C=NN=C1c1ccccc1. The molecule has 0 atom stereocenters. The van der Waals surface area contributed by atoms with E-state index in [-0.39, 0.29) is 4.86 Å². The Morgan fingerprint density at radius 3 is 2.43 bits per heavy atom. The molecule has 0 amide bonds. The monoisotopic (exact) mass is 206 g/mol. The minimum Gasteiger partial charge on any atom is -0.184 e. The molecule has 2 rings (SSSR count). The molecule has 4 nitrogen and oxygen atoms in total. The van der Waals surface area contributed by atoms with Gasteiger partial charge in [-0.2, -0.15) is 13.5 Å². The van der Waals surface area contributed by atoms with Crippen LogP contribution in [0.15, 0.2) is 40.5 Å². The van der Waals surface area contributed by atoms with E-state index in [0.717, 1.165) is 5.56 Å². The fourth-order valence-corrected chi connectivity index (χ4v) is 1.62. The fraction of sp³-hybridized carbons (Fsp3) is 0. The van der Waals surface area contributed by atoms with Crippen LogP contribution in [0, 0.1) is 0 Å². The standard InChI is InChI=1S/C9H6N2O2S/c12-14(13)8-6-10-11-9(8)7-4-2-1-3-5-7/h1-6H. The zero-order chi connectivity index (χ0) is 9.97. The van der Waals surface area contributed by atoms with Crippen LogP contribution in [0.5, 0.6) is 0 Å². The van der Waals surface area contributed by atoms with E-state index in [9.17, 15) is 8.42 Å². The van der Waals surface area contributed by atoms with Gasteiger partial charge in [0.25, 0.3) is 0 Å². The van der Waals surface area contributed by atoms with Gasteiger partial charge >= 0.3 is 0 Å². The van der Waals surface area contributed by atoms with Gasteiger partial charge in [0.2, 0.25) is 10.3 Å². The van der Waals surface area contributed by atoms with Crippen molar-refractivity contribution in [3.8, 4) is 0 Å². The summed E-state index contributed by atoms with van der Waals surface area (Å²) in [6, 6.07) is 9.08. The van der Waals surface area contributed by atoms with Gasteiger partial charge in [-0.3, -0.25) is 0 Å². The zero-order valence-electron chi connectivity index (χ0n) is 7.08. The number of benzene rings is 1. The van der Waals surface area contributed by atoms with Gasteiger partial charge in [-0.25, -0.2) is 0 Å². The van der Waals surface area contributed by atoms with E-state index in [1.807, 2.05) is 18.2 Å². The Kier molecular flexibility index (Phi) is 2.24. The molecule has 0 N–H and O–H groups in total. The Morgan fingerprint density at radius 2 is 1.79 bits per heavy atom. The summed E-state index contributed by atoms with van der Waals surface area (Å²) in [6.07, 6.45) is 1.24. The average Bonchev–Trinajstić information content (AvgIpc) is 2.67. The second-order valence-electron chi connectivity index (χ2n) is 2.66. The second-order valence-corrected chi connectivity index (χ2v) is 3.57. The average molecular weight is 206 g/mol. The lowest BCUT2D eigenvalue weighted by Gasteiger charge is -1.96. The predicted molar refractivity (Wildman–Crippen MR) is 55.4 cm³/mol. The van der Waals surface area contributed by atoms with E-state index in [4.69, 9.17) is 0 Å². The molecule has 0 aromatic heterocycles. The summed E-state index contributed by atoms with van der Waals surface area (Å²) in [5, 5.41) is 7.34. The summed E-state index contributed by atoms with van der Waals surface area (Å²) in [5.74, 6) is 0. The van der Waals surface area contributed by atoms with Crippen LogP contribution in [0.4, 0.5) is 0 Å². The number of rotatable bonds is 1. The molecule has 5 heteroatoms. The quantitative estimate of drug-likeness (QED) is 0.629. The van der Waals surface area contributed by atoms with Gasteiger partial charge in [0.05, 0.1) is 6.21 Å². The molecule has 0 bridgehead atoms. The van der Waals surface area contributed by atoms with Gasteiger partial charge in [-0.05, 0) is 0 Å². The van der Waals surface area contributed by atoms with E-state index in [1.54, 1.807) is 12.1 Å².